The lowest BCUT2D eigenvalue weighted by atomic mass is 10.2. The van der Waals surface area contributed by atoms with Crippen molar-refractivity contribution in [2.24, 2.45) is 0 Å². The molecule has 1 aromatic carbocycles. The van der Waals surface area contributed by atoms with Crippen LogP contribution in [-0.2, 0) is 0 Å². The van der Waals surface area contributed by atoms with Crippen LogP contribution in [0.1, 0.15) is 10.4 Å². The number of nitrogens with zero attached hydrogens (tertiary/aromatic N) is 2. The van der Waals surface area contributed by atoms with Crippen molar-refractivity contribution in [2.45, 2.75) is 0 Å². The van der Waals surface area contributed by atoms with Gasteiger partial charge in [0.05, 0.1) is 23.0 Å². The van der Waals surface area contributed by atoms with Gasteiger partial charge in [-0.25, -0.2) is 14.4 Å². The van der Waals surface area contributed by atoms with Gasteiger partial charge in [0, 0.05) is 0 Å². The summed E-state index contributed by atoms with van der Waals surface area (Å²) in [7, 11) is 0. The van der Waals surface area contributed by atoms with Gasteiger partial charge < -0.3 is 5.32 Å². The van der Waals surface area contributed by atoms with Crippen molar-refractivity contribution >= 4 is 34.9 Å². The molecule has 1 N–H and O–H groups in total. The van der Waals surface area contributed by atoms with E-state index in [1.807, 2.05) is 0 Å². The van der Waals surface area contributed by atoms with E-state index in [2.05, 4.69) is 15.3 Å². The first kappa shape index (κ1) is 12.7. The zero-order valence-electron chi connectivity index (χ0n) is 8.82. The zero-order valence-corrected chi connectivity index (χ0v) is 10.3. The molecule has 0 aliphatic heterocycles. The lowest BCUT2D eigenvalue weighted by Crippen LogP contribution is -2.15. The number of rotatable bonds is 2. The van der Waals surface area contributed by atoms with Crippen molar-refractivity contribution in [1.29, 1.82) is 0 Å². The molecule has 0 atom stereocenters. The molecule has 2 rings (SSSR count). The molecule has 0 aliphatic rings. The van der Waals surface area contributed by atoms with Gasteiger partial charge in [-0.3, -0.25) is 4.79 Å². The van der Waals surface area contributed by atoms with E-state index in [-0.39, 0.29) is 21.6 Å². The molecule has 4 nitrogen and oxygen atoms in total. The largest absolute Gasteiger partial charge is 0.305 e. The van der Waals surface area contributed by atoms with Crippen LogP contribution in [0, 0.1) is 5.82 Å². The Hall–Kier alpha value is -1.72. The third-order valence-corrected chi connectivity index (χ3v) is 2.56. The fourth-order valence-corrected chi connectivity index (χ4v) is 1.62. The van der Waals surface area contributed by atoms with Crippen molar-refractivity contribution in [3.05, 3.63) is 52.1 Å². The van der Waals surface area contributed by atoms with Crippen LogP contribution in [0.5, 0.6) is 0 Å². The molecule has 1 amide bonds. The molecule has 2 aromatic rings. The van der Waals surface area contributed by atoms with Crippen LogP contribution in [-0.4, -0.2) is 15.9 Å². The van der Waals surface area contributed by atoms with Crippen molar-refractivity contribution in [3.8, 4) is 0 Å². The maximum Gasteiger partial charge on any atom is 0.261 e. The van der Waals surface area contributed by atoms with Gasteiger partial charge in [-0.1, -0.05) is 29.3 Å². The first-order valence-corrected chi connectivity index (χ1v) is 5.56. The van der Waals surface area contributed by atoms with Crippen molar-refractivity contribution < 1.29 is 9.18 Å². The minimum atomic E-state index is -0.707. The minimum Gasteiger partial charge on any atom is -0.305 e. The Morgan fingerprint density at radius 2 is 2.00 bits per heavy atom. The number of hydrogen-bond acceptors (Lipinski definition) is 3. The maximum atomic E-state index is 13.5. The summed E-state index contributed by atoms with van der Waals surface area (Å²) in [6, 6.07) is 3.98. The predicted molar refractivity (Wildman–Crippen MR) is 66.4 cm³/mol. The molecule has 0 saturated carbocycles. The number of anilines is 1. The maximum absolute atomic E-state index is 13.5. The van der Waals surface area contributed by atoms with Crippen LogP contribution in [0.4, 0.5) is 10.2 Å². The van der Waals surface area contributed by atoms with Crippen LogP contribution in [0.3, 0.4) is 0 Å². The van der Waals surface area contributed by atoms with E-state index >= 15 is 0 Å². The summed E-state index contributed by atoms with van der Waals surface area (Å²) in [6.07, 6.45) is 2.52. The lowest BCUT2D eigenvalue weighted by Gasteiger charge is -2.06. The van der Waals surface area contributed by atoms with E-state index < -0.39 is 11.7 Å². The van der Waals surface area contributed by atoms with E-state index in [9.17, 15) is 9.18 Å². The summed E-state index contributed by atoms with van der Waals surface area (Å²) in [4.78, 5) is 19.3. The summed E-state index contributed by atoms with van der Waals surface area (Å²) in [5.74, 6) is -1.25. The molecule has 0 unspecified atom stereocenters. The second kappa shape index (κ2) is 5.29. The number of carbonyl (C=O) groups excluding carboxylic acids is 1. The molecule has 92 valence electrons. The van der Waals surface area contributed by atoms with E-state index in [4.69, 9.17) is 23.2 Å². The van der Waals surface area contributed by atoms with Crippen LogP contribution in [0.15, 0.2) is 30.6 Å². The van der Waals surface area contributed by atoms with Gasteiger partial charge in [0.2, 0.25) is 0 Å². The monoisotopic (exact) mass is 285 g/mol. The second-order valence-corrected chi connectivity index (χ2v) is 4.07. The van der Waals surface area contributed by atoms with E-state index in [0.717, 1.165) is 6.07 Å². The molecule has 0 radical (unpaired) electrons. The number of carbonyl (C=O) groups is 1. The quantitative estimate of drug-likeness (QED) is 0.922. The number of nitrogens with one attached hydrogen (secondary N) is 1. The van der Waals surface area contributed by atoms with Crippen LogP contribution < -0.4 is 5.32 Å². The Morgan fingerprint density at radius 1 is 1.22 bits per heavy atom. The summed E-state index contributed by atoms with van der Waals surface area (Å²) >= 11 is 11.3. The number of halogens is 3. The average Bonchev–Trinajstić information content (AvgIpc) is 2.32. The first-order valence-electron chi connectivity index (χ1n) is 4.81. The molecule has 0 saturated heterocycles. The predicted octanol–water partition coefficient (Wildman–Crippen LogP) is 3.17. The van der Waals surface area contributed by atoms with Crippen LogP contribution in [0.2, 0.25) is 10.2 Å². The highest BCUT2D eigenvalue weighted by Gasteiger charge is 2.16. The molecular formula is C11H6Cl2FN3O. The molecule has 18 heavy (non-hydrogen) atoms. The highest BCUT2D eigenvalue weighted by atomic mass is 35.5. The Labute approximate surface area is 112 Å². The number of benzene rings is 1. The van der Waals surface area contributed by atoms with Crippen molar-refractivity contribution in [1.82, 2.24) is 9.97 Å². The fourth-order valence-electron chi connectivity index (χ4n) is 1.27. The van der Waals surface area contributed by atoms with Gasteiger partial charge in [-0.15, -0.1) is 0 Å². The number of hydrogen-bond donors (Lipinski definition) is 1. The van der Waals surface area contributed by atoms with Gasteiger partial charge in [-0.2, -0.15) is 0 Å². The molecule has 0 bridgehead atoms. The Bertz CT molecular complexity index is 569. The lowest BCUT2D eigenvalue weighted by molar-refractivity contribution is 0.102. The molecular weight excluding hydrogens is 280 g/mol. The van der Waals surface area contributed by atoms with Crippen molar-refractivity contribution in [2.75, 3.05) is 5.32 Å². The van der Waals surface area contributed by atoms with E-state index in [1.54, 1.807) is 0 Å². The fraction of sp³-hybridized carbons (Fsp3) is 0. The first-order chi connectivity index (χ1) is 8.58. The summed E-state index contributed by atoms with van der Waals surface area (Å²) < 4.78 is 13.5. The van der Waals surface area contributed by atoms with E-state index in [1.165, 1.54) is 24.5 Å². The standard InChI is InChI=1S/C11H6Cl2FN3O/c12-6-2-1-3-7(14)10(6)11(18)17-9-5-15-8(13)4-16-9/h1-5H,(H,16,17,18). The topological polar surface area (TPSA) is 54.9 Å². The zero-order chi connectivity index (χ0) is 13.1. The summed E-state index contributed by atoms with van der Waals surface area (Å²) in [6.45, 7) is 0. The van der Waals surface area contributed by atoms with Gasteiger partial charge in [-0.05, 0) is 12.1 Å². The normalized spacial score (nSPS) is 10.2. The van der Waals surface area contributed by atoms with Gasteiger partial charge >= 0.3 is 0 Å². The molecule has 0 fully saturated rings. The summed E-state index contributed by atoms with van der Waals surface area (Å²) in [5.41, 5.74) is -0.240. The number of amides is 1. The highest BCUT2D eigenvalue weighted by Crippen LogP contribution is 2.20. The smallest absolute Gasteiger partial charge is 0.261 e. The minimum absolute atomic E-state index is 0.0226. The number of aromatic nitrogens is 2. The molecule has 0 spiro atoms. The molecule has 7 heteroatoms. The molecule has 1 heterocycles. The average molecular weight is 286 g/mol. The highest BCUT2D eigenvalue weighted by molar-refractivity contribution is 6.34. The Morgan fingerprint density at radius 3 is 2.61 bits per heavy atom. The van der Waals surface area contributed by atoms with Crippen LogP contribution >= 0.6 is 23.2 Å². The Balaban J connectivity index is 2.25. The second-order valence-electron chi connectivity index (χ2n) is 3.28. The molecule has 0 aliphatic carbocycles. The van der Waals surface area contributed by atoms with Crippen molar-refractivity contribution in [3.63, 3.8) is 0 Å². The van der Waals surface area contributed by atoms with Gasteiger partial charge in [0.15, 0.2) is 5.82 Å². The summed E-state index contributed by atoms with van der Waals surface area (Å²) in [5, 5.41) is 2.59. The van der Waals surface area contributed by atoms with E-state index in [0.29, 0.717) is 0 Å². The SMILES string of the molecule is O=C(Nc1cnc(Cl)cn1)c1c(F)cccc1Cl. The Kier molecular flexibility index (Phi) is 3.74. The van der Waals surface area contributed by atoms with Gasteiger partial charge in [0.25, 0.3) is 5.91 Å². The van der Waals surface area contributed by atoms with Gasteiger partial charge in [0.1, 0.15) is 11.0 Å². The molecule has 1 aromatic heterocycles. The van der Waals surface area contributed by atoms with Crippen LogP contribution in [0.25, 0.3) is 0 Å². The third-order valence-electron chi connectivity index (χ3n) is 2.05. The third kappa shape index (κ3) is 2.75.